The van der Waals surface area contributed by atoms with Gasteiger partial charge in [0.15, 0.2) is 0 Å². The summed E-state index contributed by atoms with van der Waals surface area (Å²) in [5.41, 5.74) is 0. The lowest BCUT2D eigenvalue weighted by Crippen LogP contribution is -2.39. The molecule has 2 rings (SSSR count). The van der Waals surface area contributed by atoms with Crippen LogP contribution in [-0.2, 0) is 9.53 Å². The van der Waals surface area contributed by atoms with Crippen LogP contribution in [0.4, 0.5) is 0 Å². The molecule has 0 amide bonds. The Hall–Kier alpha value is -0.570. The number of carbonyl (C=O) groups excluding carboxylic acids is 1. The van der Waals surface area contributed by atoms with Crippen molar-refractivity contribution in [2.24, 2.45) is 5.92 Å². The van der Waals surface area contributed by atoms with Gasteiger partial charge in [0.1, 0.15) is 12.1 Å². The van der Waals surface area contributed by atoms with Gasteiger partial charge in [-0.25, -0.2) is 0 Å². The zero-order valence-corrected chi connectivity index (χ0v) is 10.9. The van der Waals surface area contributed by atoms with Gasteiger partial charge >= 0.3 is 5.97 Å². The van der Waals surface area contributed by atoms with Crippen LogP contribution >= 0.6 is 0 Å². The molecule has 0 spiro atoms. The fourth-order valence-electron chi connectivity index (χ4n) is 2.96. The Morgan fingerprint density at radius 3 is 2.82 bits per heavy atom. The maximum Gasteiger partial charge on any atom is 0.323 e. The molecule has 3 unspecified atom stereocenters. The van der Waals surface area contributed by atoms with Gasteiger partial charge < -0.3 is 10.1 Å². The molecule has 0 aromatic rings. The number of hydrogen-bond acceptors (Lipinski definition) is 3. The van der Waals surface area contributed by atoms with Crippen molar-refractivity contribution >= 4 is 5.97 Å². The summed E-state index contributed by atoms with van der Waals surface area (Å²) in [6.45, 7) is 3.21. The maximum atomic E-state index is 12.0. The summed E-state index contributed by atoms with van der Waals surface area (Å²) in [6, 6.07) is -0.0465. The molecule has 2 fully saturated rings. The lowest BCUT2D eigenvalue weighted by molar-refractivity contribution is -0.153. The van der Waals surface area contributed by atoms with E-state index in [0.717, 1.165) is 32.2 Å². The van der Waals surface area contributed by atoms with E-state index in [-0.39, 0.29) is 18.1 Å². The van der Waals surface area contributed by atoms with Crippen molar-refractivity contribution in [2.45, 2.75) is 70.4 Å². The first kappa shape index (κ1) is 12.9. The summed E-state index contributed by atoms with van der Waals surface area (Å²) in [7, 11) is 0. The van der Waals surface area contributed by atoms with Gasteiger partial charge in [0, 0.05) is 0 Å². The first-order valence-corrected chi connectivity index (χ1v) is 7.19. The topological polar surface area (TPSA) is 38.3 Å². The van der Waals surface area contributed by atoms with Gasteiger partial charge in [-0.1, -0.05) is 26.2 Å². The molecule has 0 aromatic carbocycles. The normalized spacial score (nSPS) is 35.0. The summed E-state index contributed by atoms with van der Waals surface area (Å²) in [5, 5.41) is 3.31. The fourth-order valence-corrected chi connectivity index (χ4v) is 2.96. The Morgan fingerprint density at radius 2 is 2.00 bits per heavy atom. The van der Waals surface area contributed by atoms with E-state index in [1.807, 2.05) is 0 Å². The first-order chi connectivity index (χ1) is 8.25. The maximum absolute atomic E-state index is 12.0. The van der Waals surface area contributed by atoms with Crippen LogP contribution in [0.25, 0.3) is 0 Å². The van der Waals surface area contributed by atoms with Crippen molar-refractivity contribution in [3.63, 3.8) is 0 Å². The Balaban J connectivity index is 1.78. The van der Waals surface area contributed by atoms with Crippen molar-refractivity contribution in [2.75, 3.05) is 6.54 Å². The molecule has 0 bridgehead atoms. The molecule has 1 saturated heterocycles. The predicted octanol–water partition coefficient (Wildman–Crippen LogP) is 2.64. The molecule has 0 aromatic heterocycles. The fraction of sp³-hybridized carbons (Fsp3) is 0.929. The summed E-state index contributed by atoms with van der Waals surface area (Å²) in [6.07, 6.45) is 9.29. The summed E-state index contributed by atoms with van der Waals surface area (Å²) in [4.78, 5) is 12.0. The molecule has 2 aliphatic rings. The van der Waals surface area contributed by atoms with Crippen LogP contribution in [0.5, 0.6) is 0 Å². The number of esters is 1. The lowest BCUT2D eigenvalue weighted by Gasteiger charge is -2.28. The van der Waals surface area contributed by atoms with Crippen molar-refractivity contribution in [1.29, 1.82) is 0 Å². The number of hydrogen-bond donors (Lipinski definition) is 1. The van der Waals surface area contributed by atoms with E-state index in [0.29, 0.717) is 5.92 Å². The molecular formula is C14H25NO2. The third kappa shape index (κ3) is 3.98. The number of rotatable bonds is 2. The number of ether oxygens (including phenoxy) is 1. The molecule has 0 radical (unpaired) electrons. The Labute approximate surface area is 104 Å². The highest BCUT2D eigenvalue weighted by Gasteiger charge is 2.26. The van der Waals surface area contributed by atoms with E-state index < -0.39 is 0 Å². The molecule has 1 heterocycles. The predicted molar refractivity (Wildman–Crippen MR) is 67.8 cm³/mol. The Bertz CT molecular complexity index is 247. The van der Waals surface area contributed by atoms with Crippen molar-refractivity contribution in [3.8, 4) is 0 Å². The molecule has 1 N–H and O–H groups in total. The molecule has 98 valence electrons. The first-order valence-electron chi connectivity index (χ1n) is 7.19. The second-order valence-electron chi connectivity index (χ2n) is 5.69. The number of carbonyl (C=O) groups is 1. The van der Waals surface area contributed by atoms with Gasteiger partial charge in [-0.2, -0.15) is 0 Å². The summed E-state index contributed by atoms with van der Waals surface area (Å²) < 4.78 is 5.66. The summed E-state index contributed by atoms with van der Waals surface area (Å²) >= 11 is 0. The smallest absolute Gasteiger partial charge is 0.323 e. The van der Waals surface area contributed by atoms with E-state index in [4.69, 9.17) is 4.74 Å². The average Bonchev–Trinajstić information content (AvgIpc) is 2.57. The van der Waals surface area contributed by atoms with E-state index in [1.54, 1.807) is 0 Å². The van der Waals surface area contributed by atoms with Crippen molar-refractivity contribution in [3.05, 3.63) is 0 Å². The van der Waals surface area contributed by atoms with Crippen LogP contribution in [0.2, 0.25) is 0 Å². The van der Waals surface area contributed by atoms with Crippen LogP contribution in [0.15, 0.2) is 0 Å². The molecule has 3 nitrogen and oxygen atoms in total. The molecule has 3 heteroatoms. The number of nitrogens with one attached hydrogen (secondary N) is 1. The minimum Gasteiger partial charge on any atom is -0.461 e. The highest BCUT2D eigenvalue weighted by atomic mass is 16.5. The molecular weight excluding hydrogens is 214 g/mol. The quantitative estimate of drug-likeness (QED) is 0.753. The minimum absolute atomic E-state index is 0.00833. The van der Waals surface area contributed by atoms with E-state index in [1.165, 1.54) is 25.7 Å². The van der Waals surface area contributed by atoms with Gasteiger partial charge in [0.2, 0.25) is 0 Å². The SMILES string of the molecule is CC1CCCC(OC(=O)C2CCCCCN2)C1. The lowest BCUT2D eigenvalue weighted by atomic mass is 9.89. The third-order valence-electron chi connectivity index (χ3n) is 4.02. The van der Waals surface area contributed by atoms with Gasteiger partial charge in [-0.15, -0.1) is 0 Å². The molecule has 1 aliphatic carbocycles. The van der Waals surface area contributed by atoms with E-state index in [2.05, 4.69) is 12.2 Å². The highest BCUT2D eigenvalue weighted by molar-refractivity contribution is 5.76. The van der Waals surface area contributed by atoms with E-state index >= 15 is 0 Å². The van der Waals surface area contributed by atoms with Crippen LogP contribution in [0.1, 0.15) is 58.3 Å². The minimum atomic E-state index is -0.0465. The van der Waals surface area contributed by atoms with Crippen LogP contribution in [-0.4, -0.2) is 24.7 Å². The van der Waals surface area contributed by atoms with Crippen LogP contribution in [0, 0.1) is 5.92 Å². The zero-order chi connectivity index (χ0) is 12.1. The van der Waals surface area contributed by atoms with Gasteiger partial charge in [0.25, 0.3) is 0 Å². The van der Waals surface area contributed by atoms with Gasteiger partial charge in [-0.05, 0) is 44.6 Å². The standard InChI is InChI=1S/C14H25NO2/c1-11-6-5-7-12(10-11)17-14(16)13-8-3-2-4-9-15-13/h11-13,15H,2-10H2,1H3. The van der Waals surface area contributed by atoms with Crippen molar-refractivity contribution in [1.82, 2.24) is 5.32 Å². The van der Waals surface area contributed by atoms with Crippen LogP contribution < -0.4 is 5.32 Å². The third-order valence-corrected chi connectivity index (χ3v) is 4.02. The van der Waals surface area contributed by atoms with Crippen LogP contribution in [0.3, 0.4) is 0 Å². The largest absolute Gasteiger partial charge is 0.461 e. The monoisotopic (exact) mass is 239 g/mol. The van der Waals surface area contributed by atoms with Gasteiger partial charge in [-0.3, -0.25) is 4.79 Å². The summed E-state index contributed by atoms with van der Waals surface area (Å²) in [5.74, 6) is 0.703. The second-order valence-corrected chi connectivity index (χ2v) is 5.69. The zero-order valence-electron chi connectivity index (χ0n) is 10.9. The molecule has 1 saturated carbocycles. The van der Waals surface area contributed by atoms with Gasteiger partial charge in [0.05, 0.1) is 0 Å². The van der Waals surface area contributed by atoms with Crippen molar-refractivity contribution < 1.29 is 9.53 Å². The molecule has 17 heavy (non-hydrogen) atoms. The Kier molecular flexibility index (Phi) is 4.84. The van der Waals surface area contributed by atoms with E-state index in [9.17, 15) is 4.79 Å². The molecule has 3 atom stereocenters. The Morgan fingerprint density at radius 1 is 1.12 bits per heavy atom. The highest BCUT2D eigenvalue weighted by Crippen LogP contribution is 2.26. The average molecular weight is 239 g/mol. The molecule has 1 aliphatic heterocycles. The second kappa shape index (κ2) is 6.39.